The SMILES string of the molecule is NC1CCC(NC(=O)C2N(C(=O)c3ccc(F)cc3)CCCN2C(=O)c2ccc(Cl)cc2Cl)CC1. The molecule has 0 radical (unpaired) electrons. The summed E-state index contributed by atoms with van der Waals surface area (Å²) < 4.78 is 13.4. The first-order chi connectivity index (χ1) is 16.7. The van der Waals surface area contributed by atoms with E-state index in [-0.39, 0.29) is 41.3 Å². The van der Waals surface area contributed by atoms with Gasteiger partial charge < -0.3 is 20.9 Å². The normalized spacial score (nSPS) is 22.6. The number of nitrogens with zero attached hydrogens (tertiary/aromatic N) is 2. The standard InChI is InChI=1S/C25H27Cl2FN4O3/c26-16-4-11-20(21(27)14-16)25(35)32-13-1-12-31(24(34)15-2-5-17(28)6-3-15)23(32)22(33)30-19-9-7-18(29)8-10-19/h2-6,11,14,18-19,23H,1,7-10,12-13,29H2,(H,30,33). The number of carbonyl (C=O) groups excluding carboxylic acids is 3. The van der Waals surface area contributed by atoms with E-state index in [0.29, 0.717) is 11.4 Å². The summed E-state index contributed by atoms with van der Waals surface area (Å²) in [6.45, 7) is 0.528. The van der Waals surface area contributed by atoms with Gasteiger partial charge in [0.25, 0.3) is 17.7 Å². The summed E-state index contributed by atoms with van der Waals surface area (Å²) in [7, 11) is 0. The Kier molecular flexibility index (Phi) is 7.94. The van der Waals surface area contributed by atoms with Gasteiger partial charge in [0, 0.05) is 35.8 Å². The molecule has 35 heavy (non-hydrogen) atoms. The number of nitrogens with one attached hydrogen (secondary N) is 1. The largest absolute Gasteiger partial charge is 0.350 e. The number of nitrogens with two attached hydrogens (primary N) is 1. The summed E-state index contributed by atoms with van der Waals surface area (Å²) in [5.41, 5.74) is 6.41. The summed E-state index contributed by atoms with van der Waals surface area (Å²) in [5, 5.41) is 3.55. The molecule has 2 aromatic carbocycles. The topological polar surface area (TPSA) is 95.7 Å². The van der Waals surface area contributed by atoms with E-state index in [9.17, 15) is 18.8 Å². The van der Waals surface area contributed by atoms with Crippen molar-refractivity contribution in [2.75, 3.05) is 13.1 Å². The monoisotopic (exact) mass is 520 g/mol. The van der Waals surface area contributed by atoms with Crippen LogP contribution in [0.3, 0.4) is 0 Å². The van der Waals surface area contributed by atoms with Crippen molar-refractivity contribution >= 4 is 40.9 Å². The highest BCUT2D eigenvalue weighted by Gasteiger charge is 2.42. The highest BCUT2D eigenvalue weighted by atomic mass is 35.5. The fourth-order valence-electron chi connectivity index (χ4n) is 4.65. The Hall–Kier alpha value is -2.68. The number of rotatable bonds is 4. The minimum Gasteiger partial charge on any atom is -0.350 e. The van der Waals surface area contributed by atoms with Crippen LogP contribution in [0.2, 0.25) is 10.0 Å². The molecule has 0 spiro atoms. The summed E-state index contributed by atoms with van der Waals surface area (Å²) in [4.78, 5) is 43.3. The molecule has 2 aromatic rings. The lowest BCUT2D eigenvalue weighted by atomic mass is 9.91. The Labute approximate surface area is 213 Å². The van der Waals surface area contributed by atoms with Crippen molar-refractivity contribution in [1.82, 2.24) is 15.1 Å². The molecular weight excluding hydrogens is 494 g/mol. The van der Waals surface area contributed by atoms with Gasteiger partial charge >= 0.3 is 0 Å². The first kappa shape index (κ1) is 25.4. The summed E-state index contributed by atoms with van der Waals surface area (Å²) in [6, 6.07) is 9.64. The van der Waals surface area contributed by atoms with Crippen molar-refractivity contribution in [1.29, 1.82) is 0 Å². The maximum Gasteiger partial charge on any atom is 0.264 e. The molecule has 1 heterocycles. The van der Waals surface area contributed by atoms with E-state index in [1.807, 2.05) is 0 Å². The van der Waals surface area contributed by atoms with Gasteiger partial charge in [-0.3, -0.25) is 14.4 Å². The highest BCUT2D eigenvalue weighted by molar-refractivity contribution is 6.36. The van der Waals surface area contributed by atoms with Crippen LogP contribution >= 0.6 is 23.2 Å². The lowest BCUT2D eigenvalue weighted by Gasteiger charge is -2.43. The number of amides is 3. The lowest BCUT2D eigenvalue weighted by Crippen LogP contribution is -2.64. The van der Waals surface area contributed by atoms with E-state index in [1.54, 1.807) is 6.07 Å². The van der Waals surface area contributed by atoms with Crippen LogP contribution in [0, 0.1) is 5.82 Å². The highest BCUT2D eigenvalue weighted by Crippen LogP contribution is 2.27. The number of hydrogen-bond acceptors (Lipinski definition) is 4. The number of hydrogen-bond donors (Lipinski definition) is 2. The zero-order chi connectivity index (χ0) is 25.1. The van der Waals surface area contributed by atoms with Crippen molar-refractivity contribution in [2.45, 2.75) is 50.4 Å². The van der Waals surface area contributed by atoms with Crippen molar-refractivity contribution in [3.05, 3.63) is 69.5 Å². The quantitative estimate of drug-likeness (QED) is 0.640. The third-order valence-corrected chi connectivity index (χ3v) is 7.06. The van der Waals surface area contributed by atoms with E-state index in [1.165, 1.54) is 46.2 Å². The molecule has 1 atom stereocenters. The molecule has 2 fully saturated rings. The fraction of sp³-hybridized carbons (Fsp3) is 0.400. The molecule has 0 bridgehead atoms. The van der Waals surface area contributed by atoms with E-state index in [2.05, 4.69) is 5.32 Å². The number of halogens is 3. The molecule has 1 saturated carbocycles. The zero-order valence-corrected chi connectivity index (χ0v) is 20.6. The van der Waals surface area contributed by atoms with Crippen molar-refractivity contribution in [3.63, 3.8) is 0 Å². The number of carbonyl (C=O) groups is 3. The molecule has 7 nitrogen and oxygen atoms in total. The van der Waals surface area contributed by atoms with Crippen LogP contribution in [-0.4, -0.2) is 58.9 Å². The second-order valence-electron chi connectivity index (χ2n) is 8.98. The predicted octanol–water partition coefficient (Wildman–Crippen LogP) is 3.83. The molecule has 4 rings (SSSR count). The first-order valence-electron chi connectivity index (χ1n) is 11.6. The Morgan fingerprint density at radius 1 is 0.914 bits per heavy atom. The maximum absolute atomic E-state index is 13.6. The third-order valence-electron chi connectivity index (χ3n) is 6.52. The Balaban J connectivity index is 1.65. The van der Waals surface area contributed by atoms with Crippen LogP contribution in [0.15, 0.2) is 42.5 Å². The Morgan fingerprint density at radius 3 is 2.17 bits per heavy atom. The van der Waals surface area contributed by atoms with Crippen LogP contribution in [0.25, 0.3) is 0 Å². The minimum absolute atomic E-state index is 0.0944. The van der Waals surface area contributed by atoms with E-state index < -0.39 is 29.7 Å². The van der Waals surface area contributed by atoms with Gasteiger partial charge in [-0.1, -0.05) is 23.2 Å². The van der Waals surface area contributed by atoms with E-state index >= 15 is 0 Å². The Morgan fingerprint density at radius 2 is 1.54 bits per heavy atom. The van der Waals surface area contributed by atoms with E-state index in [0.717, 1.165) is 25.7 Å². The molecule has 3 amide bonds. The molecule has 3 N–H and O–H groups in total. The van der Waals surface area contributed by atoms with Crippen molar-refractivity contribution in [3.8, 4) is 0 Å². The van der Waals surface area contributed by atoms with Gasteiger partial charge in [0.05, 0.1) is 10.6 Å². The van der Waals surface area contributed by atoms with Gasteiger partial charge in [0.15, 0.2) is 6.17 Å². The molecular formula is C25H27Cl2FN4O3. The van der Waals surface area contributed by atoms with Crippen LogP contribution < -0.4 is 11.1 Å². The van der Waals surface area contributed by atoms with Gasteiger partial charge in [0.2, 0.25) is 0 Å². The molecule has 1 unspecified atom stereocenters. The van der Waals surface area contributed by atoms with Gasteiger partial charge in [-0.05, 0) is 74.6 Å². The smallest absolute Gasteiger partial charge is 0.264 e. The average Bonchev–Trinajstić information content (AvgIpc) is 2.84. The number of benzene rings is 2. The van der Waals surface area contributed by atoms with Gasteiger partial charge in [-0.2, -0.15) is 0 Å². The van der Waals surface area contributed by atoms with Gasteiger partial charge in [0.1, 0.15) is 5.82 Å². The fourth-order valence-corrected chi connectivity index (χ4v) is 5.14. The third kappa shape index (κ3) is 5.77. The second-order valence-corrected chi connectivity index (χ2v) is 9.82. The van der Waals surface area contributed by atoms with Crippen molar-refractivity contribution in [2.24, 2.45) is 5.73 Å². The summed E-state index contributed by atoms with van der Waals surface area (Å²) in [6.07, 6.45) is 2.31. The van der Waals surface area contributed by atoms with Crippen molar-refractivity contribution < 1.29 is 18.8 Å². The molecule has 10 heteroatoms. The lowest BCUT2D eigenvalue weighted by molar-refractivity contribution is -0.133. The Bertz CT molecular complexity index is 1110. The van der Waals surface area contributed by atoms with Crippen LogP contribution in [-0.2, 0) is 4.79 Å². The minimum atomic E-state index is -1.18. The summed E-state index contributed by atoms with van der Waals surface area (Å²) in [5.74, 6) is -1.86. The molecule has 1 aliphatic heterocycles. The molecule has 1 aliphatic carbocycles. The van der Waals surface area contributed by atoms with Gasteiger partial charge in [-0.25, -0.2) is 4.39 Å². The first-order valence-corrected chi connectivity index (χ1v) is 12.4. The molecule has 2 aliphatic rings. The zero-order valence-electron chi connectivity index (χ0n) is 19.1. The predicted molar refractivity (Wildman–Crippen MR) is 132 cm³/mol. The van der Waals surface area contributed by atoms with E-state index in [4.69, 9.17) is 28.9 Å². The molecule has 186 valence electrons. The van der Waals surface area contributed by atoms with Crippen LogP contribution in [0.4, 0.5) is 4.39 Å². The molecule has 0 aromatic heterocycles. The average molecular weight is 521 g/mol. The van der Waals surface area contributed by atoms with Gasteiger partial charge in [-0.15, -0.1) is 0 Å². The van der Waals surface area contributed by atoms with Crippen LogP contribution in [0.5, 0.6) is 0 Å². The van der Waals surface area contributed by atoms with Crippen LogP contribution in [0.1, 0.15) is 52.8 Å². The second kappa shape index (κ2) is 10.9. The molecule has 1 saturated heterocycles. The summed E-state index contributed by atoms with van der Waals surface area (Å²) >= 11 is 12.3. The maximum atomic E-state index is 13.6.